The first-order chi connectivity index (χ1) is 7.90. The minimum atomic E-state index is -2.03. The number of fused-ring (bicyclic) bond motifs is 1. The Bertz CT molecular complexity index is 536. The first-order valence-electron chi connectivity index (χ1n) is 3.98. The van der Waals surface area contributed by atoms with E-state index in [2.05, 4.69) is 4.98 Å². The third kappa shape index (κ3) is 5.73. The summed E-state index contributed by atoms with van der Waals surface area (Å²) < 4.78 is 0.742. The van der Waals surface area contributed by atoms with Crippen molar-refractivity contribution in [3.63, 3.8) is 0 Å². The molecule has 18 heavy (non-hydrogen) atoms. The molecule has 1 radical (unpaired) electrons. The summed E-state index contributed by atoms with van der Waals surface area (Å²) in [6, 6.07) is 4.49. The molecule has 0 amide bonds. The van der Waals surface area contributed by atoms with E-state index in [0.717, 1.165) is 4.70 Å². The second-order valence-corrected chi connectivity index (χ2v) is 15.1. The van der Waals surface area contributed by atoms with Gasteiger partial charge in [-0.25, -0.2) is 4.98 Å². The summed E-state index contributed by atoms with van der Waals surface area (Å²) in [7, 11) is 15.0. The van der Waals surface area contributed by atoms with Crippen molar-refractivity contribution < 1.29 is 10.4 Å². The number of hydrogen-bond acceptors (Lipinski definition) is 5. The van der Waals surface area contributed by atoms with Crippen LogP contribution >= 0.6 is 37.8 Å². The van der Waals surface area contributed by atoms with E-state index in [-0.39, 0.29) is 11.2 Å². The predicted octanol–water partition coefficient (Wildman–Crippen LogP) is 2.65. The Balaban J connectivity index is 0.000000512. The number of thiazole rings is 1. The maximum absolute atomic E-state index is 10.4. The normalized spacial score (nSPS) is 9.56. The number of anilines is 1. The first kappa shape index (κ1) is 18.0. The summed E-state index contributed by atoms with van der Waals surface area (Å²) >= 11 is -0.787. The summed E-state index contributed by atoms with van der Waals surface area (Å²) in [4.78, 5) is 14.0. The summed E-state index contributed by atoms with van der Waals surface area (Å²) in [6.07, 6.45) is 0. The van der Waals surface area contributed by atoms with Crippen LogP contribution in [0.2, 0.25) is 0 Å². The molecule has 0 bridgehead atoms. The number of nitro groups is 1. The number of nitrogen functional groups attached to an aromatic ring is 1. The molecule has 0 fully saturated rings. The van der Waals surface area contributed by atoms with Crippen molar-refractivity contribution >= 4 is 75.6 Å². The van der Waals surface area contributed by atoms with E-state index in [1.807, 2.05) is 0 Å². The fourth-order valence-corrected chi connectivity index (χ4v) is 1.81. The van der Waals surface area contributed by atoms with Crippen LogP contribution in [-0.2, 0) is 0 Å². The zero-order chi connectivity index (χ0) is 13.0. The van der Waals surface area contributed by atoms with Crippen molar-refractivity contribution in [2.24, 2.45) is 0 Å². The molecular weight excluding hydrogens is 434 g/mol. The number of benzene rings is 1. The molecule has 0 spiro atoms. The van der Waals surface area contributed by atoms with E-state index in [0.29, 0.717) is 10.6 Å². The van der Waals surface area contributed by atoms with E-state index in [4.69, 9.17) is 32.2 Å². The molecule has 6 nitrogen and oxygen atoms in total. The summed E-state index contributed by atoms with van der Waals surface area (Å²) in [5.41, 5.74) is 6.22. The van der Waals surface area contributed by atoms with Gasteiger partial charge in [0.05, 0.1) is 15.1 Å². The quantitative estimate of drug-likeness (QED) is 0.416. The van der Waals surface area contributed by atoms with Crippen molar-refractivity contribution in [2.45, 2.75) is 0 Å². The Hall–Kier alpha value is -0.0418. The maximum atomic E-state index is 10.4. The van der Waals surface area contributed by atoms with Crippen molar-refractivity contribution in [2.75, 3.05) is 5.73 Å². The van der Waals surface area contributed by atoms with Crippen LogP contribution in [0.15, 0.2) is 18.2 Å². The molecular formula is C7H7Cl3N3O3SSb-. The Morgan fingerprint density at radius 1 is 1.39 bits per heavy atom. The van der Waals surface area contributed by atoms with Crippen LogP contribution < -0.4 is 5.73 Å². The molecule has 4 N–H and O–H groups in total. The Kier molecular flexibility index (Phi) is 8.17. The summed E-state index contributed by atoms with van der Waals surface area (Å²) in [5, 5.41) is 10.8. The van der Waals surface area contributed by atoms with Crippen molar-refractivity contribution in [1.29, 1.82) is 0 Å². The topological polar surface area (TPSA) is 114 Å². The van der Waals surface area contributed by atoms with Gasteiger partial charge >= 0.3 is 43.3 Å². The average molecular weight is 441 g/mol. The Morgan fingerprint density at radius 2 is 1.94 bits per heavy atom. The Labute approximate surface area is 124 Å². The van der Waals surface area contributed by atoms with Gasteiger partial charge in [-0.3, -0.25) is 10.1 Å². The molecule has 1 heterocycles. The van der Waals surface area contributed by atoms with Crippen LogP contribution in [0.5, 0.6) is 0 Å². The van der Waals surface area contributed by atoms with Gasteiger partial charge in [0.15, 0.2) is 5.13 Å². The summed E-state index contributed by atoms with van der Waals surface area (Å²) in [5.74, 6) is 0. The number of nitro benzene ring substituents is 1. The monoisotopic (exact) mass is 439 g/mol. The molecule has 11 heteroatoms. The van der Waals surface area contributed by atoms with Crippen molar-refractivity contribution in [3.8, 4) is 0 Å². The number of nitrogens with two attached hydrogens (primary N) is 1. The van der Waals surface area contributed by atoms with Crippen molar-refractivity contribution in [1.82, 2.24) is 4.98 Å². The van der Waals surface area contributed by atoms with E-state index >= 15 is 0 Å². The van der Waals surface area contributed by atoms with E-state index in [1.165, 1.54) is 23.5 Å². The number of nitrogens with zero attached hydrogens (tertiary/aromatic N) is 2. The molecule has 1 aromatic carbocycles. The van der Waals surface area contributed by atoms with Gasteiger partial charge in [0.2, 0.25) is 0 Å². The van der Waals surface area contributed by atoms with Gasteiger partial charge in [-0.05, 0) is 6.07 Å². The molecule has 2 aromatic rings. The van der Waals surface area contributed by atoms with Gasteiger partial charge in [0.1, 0.15) is 0 Å². The molecule has 101 valence electrons. The Morgan fingerprint density at radius 3 is 2.44 bits per heavy atom. The third-order valence-electron chi connectivity index (χ3n) is 1.60. The molecule has 1 aromatic heterocycles. The molecule has 0 atom stereocenters. The van der Waals surface area contributed by atoms with Crippen molar-refractivity contribution in [3.05, 3.63) is 28.3 Å². The summed E-state index contributed by atoms with van der Waals surface area (Å²) in [6.45, 7) is 0. The number of rotatable bonds is 1. The average Bonchev–Trinajstić information content (AvgIpc) is 2.55. The molecule has 2 rings (SSSR count). The van der Waals surface area contributed by atoms with Crippen LogP contribution in [-0.4, -0.2) is 32.2 Å². The number of halogens is 3. The van der Waals surface area contributed by atoms with Crippen LogP contribution in [0.3, 0.4) is 0 Å². The van der Waals surface area contributed by atoms with Crippen LogP contribution in [0.25, 0.3) is 10.2 Å². The van der Waals surface area contributed by atoms with Gasteiger partial charge in [-0.2, -0.15) is 0 Å². The molecule has 0 saturated heterocycles. The fourth-order valence-electron chi connectivity index (χ4n) is 1.04. The number of aromatic nitrogens is 1. The minimum absolute atomic E-state index is 0. The number of non-ortho nitro benzene ring substituents is 1. The van der Waals surface area contributed by atoms with Gasteiger partial charge < -0.3 is 11.2 Å². The zero-order valence-corrected chi connectivity index (χ0v) is 14.1. The van der Waals surface area contributed by atoms with Gasteiger partial charge in [0.25, 0.3) is 5.69 Å². The van der Waals surface area contributed by atoms with E-state index < -0.39 is 21.7 Å². The second-order valence-electron chi connectivity index (χ2n) is 2.65. The zero-order valence-electron chi connectivity index (χ0n) is 8.51. The first-order valence-corrected chi connectivity index (χ1v) is 14.5. The standard InChI is InChI=1S/C7H5N3O2S.3ClH.H2O.Sb/c8-7-9-5-2-1-4(10(11)12)3-6(5)13-7;;;;;/h1-3H,(H2,8,9);3*1H;1H2;/q;;;;;+2/p-3. The van der Waals surface area contributed by atoms with E-state index in [1.54, 1.807) is 6.07 Å². The second kappa shape index (κ2) is 8.19. The van der Waals surface area contributed by atoms with Crippen LogP contribution in [0.1, 0.15) is 0 Å². The molecule has 0 aliphatic rings. The third-order valence-corrected chi connectivity index (χ3v) is 2.45. The van der Waals surface area contributed by atoms with Crippen LogP contribution in [0, 0.1) is 10.1 Å². The molecule has 0 unspecified atom stereocenters. The molecule has 0 aliphatic heterocycles. The number of hydrogen-bond donors (Lipinski definition) is 1. The van der Waals surface area contributed by atoms with E-state index in [9.17, 15) is 10.1 Å². The van der Waals surface area contributed by atoms with Gasteiger partial charge in [-0.1, -0.05) is 11.3 Å². The fraction of sp³-hybridized carbons (Fsp3) is 0. The predicted molar refractivity (Wildman–Crippen MR) is 77.6 cm³/mol. The van der Waals surface area contributed by atoms with Crippen LogP contribution in [0.4, 0.5) is 10.8 Å². The molecule has 0 saturated carbocycles. The SMILES string of the molecule is Nc1nc2ccc([N+](=O)[O-])cc2s1.O.[Cl][Sb-]([Cl])[Cl]. The van der Waals surface area contributed by atoms with Gasteiger partial charge in [0, 0.05) is 12.1 Å². The van der Waals surface area contributed by atoms with Gasteiger partial charge in [-0.15, -0.1) is 0 Å². The molecule has 0 aliphatic carbocycles.